The summed E-state index contributed by atoms with van der Waals surface area (Å²) in [6, 6.07) is 3.86. The zero-order chi connectivity index (χ0) is 14.1. The van der Waals surface area contributed by atoms with Crippen LogP contribution in [-0.4, -0.2) is 30.6 Å². The number of anilines is 1. The number of hydrogen-bond donors (Lipinski definition) is 0. The van der Waals surface area contributed by atoms with E-state index in [1.807, 2.05) is 11.0 Å². The van der Waals surface area contributed by atoms with Crippen LogP contribution in [0.25, 0.3) is 0 Å². The lowest BCUT2D eigenvalue weighted by Gasteiger charge is -2.25. The van der Waals surface area contributed by atoms with Gasteiger partial charge in [-0.3, -0.25) is 0 Å². The summed E-state index contributed by atoms with van der Waals surface area (Å²) in [5.41, 5.74) is 2.83. The first-order valence-electron chi connectivity index (χ1n) is 7.02. The topological polar surface area (TPSA) is 66.2 Å². The number of nitrogens with zero attached hydrogens (tertiary/aromatic N) is 3. The lowest BCUT2D eigenvalue weighted by Crippen LogP contribution is -2.38. The van der Waals surface area contributed by atoms with E-state index in [1.165, 1.54) is 12.7 Å². The fraction of sp³-hybridized carbons (Fsp3) is 0.533. The Morgan fingerprint density at radius 1 is 1.50 bits per heavy atom. The zero-order valence-electron chi connectivity index (χ0n) is 11.6. The van der Waals surface area contributed by atoms with E-state index in [0.717, 1.165) is 44.3 Å². The zero-order valence-corrected chi connectivity index (χ0v) is 11.6. The molecule has 2 aliphatic rings. The number of nitriles is 1. The molecule has 1 aliphatic carbocycles. The molecule has 0 spiro atoms. The van der Waals surface area contributed by atoms with E-state index in [2.05, 4.69) is 11.1 Å². The Labute approximate surface area is 118 Å². The molecule has 1 saturated heterocycles. The standard InChI is InChI=1S/C15H17N3O2/c1-20-15(19)13-6-3-7-18(13)14-11(9-16)8-10-4-2-5-12(10)17-14/h8,13H,2-7H2,1H3. The van der Waals surface area contributed by atoms with E-state index in [4.69, 9.17) is 4.74 Å². The molecule has 5 nitrogen and oxygen atoms in total. The van der Waals surface area contributed by atoms with Crippen LogP contribution in [0.1, 0.15) is 36.1 Å². The van der Waals surface area contributed by atoms with E-state index in [-0.39, 0.29) is 12.0 Å². The van der Waals surface area contributed by atoms with Crippen LogP contribution in [0.3, 0.4) is 0 Å². The highest BCUT2D eigenvalue weighted by Crippen LogP contribution is 2.31. The van der Waals surface area contributed by atoms with Gasteiger partial charge in [0, 0.05) is 12.2 Å². The Balaban J connectivity index is 2.01. The van der Waals surface area contributed by atoms with Crippen molar-refractivity contribution in [2.24, 2.45) is 0 Å². The molecule has 5 heteroatoms. The van der Waals surface area contributed by atoms with Gasteiger partial charge < -0.3 is 9.64 Å². The van der Waals surface area contributed by atoms with E-state index in [9.17, 15) is 10.1 Å². The number of methoxy groups -OCH3 is 1. The molecule has 1 aromatic heterocycles. The van der Waals surface area contributed by atoms with Crippen LogP contribution in [0.15, 0.2) is 6.07 Å². The number of carbonyl (C=O) groups excluding carboxylic acids is 1. The molecule has 2 heterocycles. The minimum absolute atomic E-state index is 0.242. The second kappa shape index (κ2) is 5.12. The van der Waals surface area contributed by atoms with Crippen LogP contribution < -0.4 is 4.90 Å². The molecular weight excluding hydrogens is 254 g/mol. The van der Waals surface area contributed by atoms with Crippen molar-refractivity contribution in [3.63, 3.8) is 0 Å². The van der Waals surface area contributed by atoms with Crippen molar-refractivity contribution in [3.8, 4) is 6.07 Å². The van der Waals surface area contributed by atoms with Crippen molar-refractivity contribution in [1.82, 2.24) is 4.98 Å². The van der Waals surface area contributed by atoms with Gasteiger partial charge in [0.2, 0.25) is 0 Å². The summed E-state index contributed by atoms with van der Waals surface area (Å²) in [4.78, 5) is 18.5. The number of carbonyl (C=O) groups is 1. The summed E-state index contributed by atoms with van der Waals surface area (Å²) in [6.45, 7) is 0.750. The minimum atomic E-state index is -0.306. The number of aromatic nitrogens is 1. The summed E-state index contributed by atoms with van der Waals surface area (Å²) in [6.07, 6.45) is 4.74. The Morgan fingerprint density at radius 3 is 3.10 bits per heavy atom. The van der Waals surface area contributed by atoms with Crippen LogP contribution in [0.5, 0.6) is 0 Å². The Bertz CT molecular complexity index is 592. The third-order valence-electron chi connectivity index (χ3n) is 4.15. The number of hydrogen-bond acceptors (Lipinski definition) is 5. The number of pyridine rings is 1. The first-order valence-corrected chi connectivity index (χ1v) is 7.02. The summed E-state index contributed by atoms with van der Waals surface area (Å²) < 4.78 is 4.86. The molecule has 1 atom stereocenters. The molecule has 0 amide bonds. The van der Waals surface area contributed by atoms with Gasteiger partial charge in [-0.1, -0.05) is 0 Å². The van der Waals surface area contributed by atoms with Crippen LogP contribution in [0.4, 0.5) is 5.82 Å². The maximum Gasteiger partial charge on any atom is 0.328 e. The molecule has 1 aliphatic heterocycles. The fourth-order valence-corrected chi connectivity index (χ4v) is 3.16. The molecule has 104 valence electrons. The number of esters is 1. The molecule has 1 unspecified atom stereocenters. The molecule has 20 heavy (non-hydrogen) atoms. The molecule has 0 bridgehead atoms. The SMILES string of the molecule is COC(=O)C1CCCN1c1nc2c(cc1C#N)CCC2. The van der Waals surface area contributed by atoms with E-state index in [1.54, 1.807) is 0 Å². The third-order valence-corrected chi connectivity index (χ3v) is 4.15. The molecule has 0 radical (unpaired) electrons. The van der Waals surface area contributed by atoms with Crippen molar-refractivity contribution >= 4 is 11.8 Å². The maximum absolute atomic E-state index is 11.9. The van der Waals surface area contributed by atoms with Gasteiger partial charge in [-0.15, -0.1) is 0 Å². The first kappa shape index (κ1) is 12.9. The first-order chi connectivity index (χ1) is 9.74. The normalized spacial score (nSPS) is 20.6. The van der Waals surface area contributed by atoms with Gasteiger partial charge in [-0.25, -0.2) is 9.78 Å². The summed E-state index contributed by atoms with van der Waals surface area (Å²) in [5, 5.41) is 9.36. The Morgan fingerprint density at radius 2 is 2.35 bits per heavy atom. The Kier molecular flexibility index (Phi) is 3.31. The van der Waals surface area contributed by atoms with Crippen molar-refractivity contribution in [1.29, 1.82) is 5.26 Å². The highest BCUT2D eigenvalue weighted by atomic mass is 16.5. The summed E-state index contributed by atoms with van der Waals surface area (Å²) in [7, 11) is 1.40. The molecule has 0 saturated carbocycles. The predicted molar refractivity (Wildman–Crippen MR) is 73.4 cm³/mol. The fourth-order valence-electron chi connectivity index (χ4n) is 3.16. The number of rotatable bonds is 2. The van der Waals surface area contributed by atoms with Gasteiger partial charge >= 0.3 is 5.97 Å². The average molecular weight is 271 g/mol. The Hall–Kier alpha value is -2.09. The van der Waals surface area contributed by atoms with Gasteiger partial charge in [-0.05, 0) is 43.7 Å². The van der Waals surface area contributed by atoms with Crippen LogP contribution in [0.2, 0.25) is 0 Å². The molecule has 0 N–H and O–H groups in total. The monoisotopic (exact) mass is 271 g/mol. The van der Waals surface area contributed by atoms with Gasteiger partial charge in [0.1, 0.15) is 17.9 Å². The quantitative estimate of drug-likeness (QED) is 0.764. The van der Waals surface area contributed by atoms with E-state index < -0.39 is 0 Å². The molecule has 3 rings (SSSR count). The van der Waals surface area contributed by atoms with Gasteiger partial charge in [0.05, 0.1) is 12.7 Å². The smallest absolute Gasteiger partial charge is 0.328 e. The van der Waals surface area contributed by atoms with Gasteiger partial charge in [-0.2, -0.15) is 5.26 Å². The van der Waals surface area contributed by atoms with Gasteiger partial charge in [0.25, 0.3) is 0 Å². The van der Waals surface area contributed by atoms with Gasteiger partial charge in [0.15, 0.2) is 0 Å². The summed E-state index contributed by atoms with van der Waals surface area (Å²) in [5.74, 6) is 0.412. The second-order valence-electron chi connectivity index (χ2n) is 5.31. The van der Waals surface area contributed by atoms with E-state index in [0.29, 0.717) is 11.4 Å². The second-order valence-corrected chi connectivity index (χ2v) is 5.31. The third kappa shape index (κ3) is 2.01. The molecule has 1 fully saturated rings. The van der Waals surface area contributed by atoms with Crippen molar-refractivity contribution in [3.05, 3.63) is 22.9 Å². The van der Waals surface area contributed by atoms with Crippen LogP contribution in [-0.2, 0) is 22.4 Å². The number of aryl methyl sites for hydroxylation is 2. The minimum Gasteiger partial charge on any atom is -0.467 e. The highest BCUT2D eigenvalue weighted by molar-refractivity contribution is 5.81. The van der Waals surface area contributed by atoms with Crippen molar-refractivity contribution < 1.29 is 9.53 Å². The van der Waals surface area contributed by atoms with E-state index >= 15 is 0 Å². The largest absolute Gasteiger partial charge is 0.467 e. The number of fused-ring (bicyclic) bond motifs is 1. The molecule has 1 aromatic rings. The lowest BCUT2D eigenvalue weighted by atomic mass is 10.1. The van der Waals surface area contributed by atoms with Crippen molar-refractivity contribution in [2.45, 2.75) is 38.1 Å². The average Bonchev–Trinajstić information content (AvgIpc) is 3.12. The lowest BCUT2D eigenvalue weighted by molar-refractivity contribution is -0.141. The maximum atomic E-state index is 11.9. The molecule has 0 aromatic carbocycles. The summed E-state index contributed by atoms with van der Waals surface area (Å²) >= 11 is 0. The van der Waals surface area contributed by atoms with Crippen molar-refractivity contribution in [2.75, 3.05) is 18.6 Å². The highest BCUT2D eigenvalue weighted by Gasteiger charge is 2.34. The number of ether oxygens (including phenoxy) is 1. The van der Waals surface area contributed by atoms with Crippen LogP contribution >= 0.6 is 0 Å². The predicted octanol–water partition coefficient (Wildman–Crippen LogP) is 1.58. The molecular formula is C15H17N3O2. The van der Waals surface area contributed by atoms with Crippen LogP contribution in [0, 0.1) is 11.3 Å².